The van der Waals surface area contributed by atoms with E-state index >= 15 is 0 Å². The van der Waals surface area contributed by atoms with Crippen molar-refractivity contribution in [1.82, 2.24) is 15.4 Å². The van der Waals surface area contributed by atoms with E-state index in [2.05, 4.69) is 46.6 Å². The number of hydrogen-bond acceptors (Lipinski definition) is 5. The van der Waals surface area contributed by atoms with Crippen LogP contribution in [0, 0.1) is 0 Å². The molecule has 0 aliphatic carbocycles. The Balaban J connectivity index is 1.45. The molecule has 5 heteroatoms. The topological polar surface area (TPSA) is 61.5 Å². The average molecular weight is 301 g/mol. The van der Waals surface area contributed by atoms with Crippen molar-refractivity contribution in [2.75, 3.05) is 19.6 Å². The minimum Gasteiger partial charge on any atom is -0.388 e. The Kier molecular flexibility index (Phi) is 4.87. The van der Waals surface area contributed by atoms with Gasteiger partial charge >= 0.3 is 0 Å². The molecule has 0 bridgehead atoms. The molecule has 0 radical (unpaired) electrons. The fourth-order valence-corrected chi connectivity index (χ4v) is 2.90. The highest BCUT2D eigenvalue weighted by Gasteiger charge is 2.16. The summed E-state index contributed by atoms with van der Waals surface area (Å²) in [5.74, 6) is 0.510. The molecule has 1 aliphatic heterocycles. The highest BCUT2D eigenvalue weighted by Crippen LogP contribution is 2.18. The van der Waals surface area contributed by atoms with Crippen LogP contribution in [-0.2, 0) is 19.6 Å². The third-order valence-corrected chi connectivity index (χ3v) is 4.26. The van der Waals surface area contributed by atoms with Gasteiger partial charge in [-0.05, 0) is 24.5 Å². The Morgan fingerprint density at radius 3 is 2.95 bits per heavy atom. The summed E-state index contributed by atoms with van der Waals surface area (Å²) in [7, 11) is 0. The van der Waals surface area contributed by atoms with Gasteiger partial charge in [-0.15, -0.1) is 0 Å². The monoisotopic (exact) mass is 301 g/mol. The van der Waals surface area contributed by atoms with Gasteiger partial charge in [0.1, 0.15) is 12.3 Å². The molecule has 1 aromatic heterocycles. The van der Waals surface area contributed by atoms with Crippen LogP contribution in [0.5, 0.6) is 0 Å². The molecule has 0 spiro atoms. The SMILES string of the molecule is CC(NCCN1CCc2ccccc2C1)c1cc(CO)on1. The van der Waals surface area contributed by atoms with Gasteiger partial charge in [0.15, 0.2) is 5.76 Å². The molecule has 0 amide bonds. The molecular weight excluding hydrogens is 278 g/mol. The lowest BCUT2D eigenvalue weighted by Crippen LogP contribution is -2.36. The van der Waals surface area contributed by atoms with Gasteiger partial charge < -0.3 is 14.9 Å². The van der Waals surface area contributed by atoms with E-state index in [9.17, 15) is 0 Å². The zero-order valence-corrected chi connectivity index (χ0v) is 13.0. The number of nitrogens with one attached hydrogen (secondary N) is 1. The van der Waals surface area contributed by atoms with E-state index in [1.807, 2.05) is 0 Å². The van der Waals surface area contributed by atoms with Crippen molar-refractivity contribution in [1.29, 1.82) is 0 Å². The molecule has 1 unspecified atom stereocenters. The van der Waals surface area contributed by atoms with Gasteiger partial charge in [-0.3, -0.25) is 4.90 Å². The van der Waals surface area contributed by atoms with Gasteiger partial charge in [0, 0.05) is 32.2 Å². The first-order valence-corrected chi connectivity index (χ1v) is 7.85. The Morgan fingerprint density at radius 1 is 1.36 bits per heavy atom. The average Bonchev–Trinajstić information content (AvgIpc) is 3.04. The summed E-state index contributed by atoms with van der Waals surface area (Å²) in [5.41, 5.74) is 3.78. The second-order valence-corrected chi connectivity index (χ2v) is 5.85. The normalized spacial score (nSPS) is 16.5. The highest BCUT2D eigenvalue weighted by molar-refractivity contribution is 5.29. The van der Waals surface area contributed by atoms with Gasteiger partial charge in [0.05, 0.1) is 6.04 Å². The first-order chi connectivity index (χ1) is 10.8. The fraction of sp³-hybridized carbons (Fsp3) is 0.471. The Hall–Kier alpha value is -1.69. The summed E-state index contributed by atoms with van der Waals surface area (Å²) >= 11 is 0. The van der Waals surface area contributed by atoms with Gasteiger partial charge in [0.2, 0.25) is 0 Å². The number of nitrogens with zero attached hydrogens (tertiary/aromatic N) is 2. The first kappa shape index (κ1) is 15.2. The Labute approximate surface area is 130 Å². The molecule has 3 rings (SSSR count). The summed E-state index contributed by atoms with van der Waals surface area (Å²) in [4.78, 5) is 2.48. The molecule has 0 saturated carbocycles. The lowest BCUT2D eigenvalue weighted by atomic mass is 10.00. The van der Waals surface area contributed by atoms with E-state index in [0.29, 0.717) is 5.76 Å². The van der Waals surface area contributed by atoms with Crippen LogP contribution in [0.1, 0.15) is 35.5 Å². The minimum atomic E-state index is -0.104. The standard InChI is InChI=1S/C17H23N3O2/c1-13(17-10-16(12-21)22-19-17)18-7-9-20-8-6-14-4-2-3-5-15(14)11-20/h2-5,10,13,18,21H,6-9,11-12H2,1H3. The summed E-state index contributed by atoms with van der Waals surface area (Å²) < 4.78 is 5.02. The number of aliphatic hydroxyl groups excluding tert-OH is 1. The maximum Gasteiger partial charge on any atom is 0.162 e. The quantitative estimate of drug-likeness (QED) is 0.853. The molecule has 2 N–H and O–H groups in total. The van der Waals surface area contributed by atoms with Crippen molar-refractivity contribution in [2.24, 2.45) is 0 Å². The molecule has 1 aliphatic rings. The van der Waals surface area contributed by atoms with Crippen LogP contribution in [-0.4, -0.2) is 34.8 Å². The molecule has 2 aromatic rings. The Morgan fingerprint density at radius 2 is 2.18 bits per heavy atom. The second-order valence-electron chi connectivity index (χ2n) is 5.85. The number of rotatable bonds is 6. The van der Waals surface area contributed by atoms with Crippen molar-refractivity contribution >= 4 is 0 Å². The van der Waals surface area contributed by atoms with Crippen molar-refractivity contribution < 1.29 is 9.63 Å². The number of benzene rings is 1. The summed E-state index contributed by atoms with van der Waals surface area (Å²) in [6.07, 6.45) is 1.13. The van der Waals surface area contributed by atoms with Gasteiger partial charge in [-0.25, -0.2) is 0 Å². The molecule has 1 atom stereocenters. The maximum atomic E-state index is 9.00. The van der Waals surface area contributed by atoms with Crippen LogP contribution >= 0.6 is 0 Å². The van der Waals surface area contributed by atoms with Crippen LogP contribution in [0.2, 0.25) is 0 Å². The number of aliphatic hydroxyl groups is 1. The molecule has 2 heterocycles. The molecule has 5 nitrogen and oxygen atoms in total. The van der Waals surface area contributed by atoms with Crippen molar-refractivity contribution in [3.63, 3.8) is 0 Å². The third kappa shape index (κ3) is 3.55. The predicted octanol–water partition coefficient (Wildman–Crippen LogP) is 1.88. The zero-order chi connectivity index (χ0) is 15.4. The molecule has 0 fully saturated rings. The smallest absolute Gasteiger partial charge is 0.162 e. The fourth-order valence-electron chi connectivity index (χ4n) is 2.90. The lowest BCUT2D eigenvalue weighted by Gasteiger charge is -2.29. The zero-order valence-electron chi connectivity index (χ0n) is 13.0. The van der Waals surface area contributed by atoms with E-state index in [1.54, 1.807) is 6.07 Å². The van der Waals surface area contributed by atoms with E-state index < -0.39 is 0 Å². The summed E-state index contributed by atoms with van der Waals surface area (Å²) in [6.45, 7) is 6.03. The molecule has 0 saturated heterocycles. The van der Waals surface area contributed by atoms with E-state index in [0.717, 1.165) is 38.3 Å². The van der Waals surface area contributed by atoms with Crippen LogP contribution in [0.3, 0.4) is 0 Å². The third-order valence-electron chi connectivity index (χ3n) is 4.26. The van der Waals surface area contributed by atoms with E-state index in [1.165, 1.54) is 11.1 Å². The molecule has 1 aromatic carbocycles. The van der Waals surface area contributed by atoms with Crippen molar-refractivity contribution in [2.45, 2.75) is 32.5 Å². The predicted molar refractivity (Wildman–Crippen MR) is 84.3 cm³/mol. The van der Waals surface area contributed by atoms with Crippen LogP contribution in [0.15, 0.2) is 34.9 Å². The van der Waals surface area contributed by atoms with Gasteiger partial charge in [0.25, 0.3) is 0 Å². The van der Waals surface area contributed by atoms with Gasteiger partial charge in [-0.2, -0.15) is 0 Å². The van der Waals surface area contributed by atoms with Crippen LogP contribution in [0.25, 0.3) is 0 Å². The highest BCUT2D eigenvalue weighted by atomic mass is 16.5. The Bertz CT molecular complexity index is 611. The largest absolute Gasteiger partial charge is 0.388 e. The van der Waals surface area contributed by atoms with Crippen molar-refractivity contribution in [3.8, 4) is 0 Å². The van der Waals surface area contributed by atoms with E-state index in [-0.39, 0.29) is 12.6 Å². The van der Waals surface area contributed by atoms with Crippen LogP contribution < -0.4 is 5.32 Å². The number of fused-ring (bicyclic) bond motifs is 1. The molecule has 22 heavy (non-hydrogen) atoms. The summed E-state index contributed by atoms with van der Waals surface area (Å²) in [6, 6.07) is 10.6. The van der Waals surface area contributed by atoms with Crippen molar-refractivity contribution in [3.05, 3.63) is 52.9 Å². The summed E-state index contributed by atoms with van der Waals surface area (Å²) in [5, 5.41) is 16.4. The lowest BCUT2D eigenvalue weighted by molar-refractivity contribution is 0.227. The number of hydrogen-bond donors (Lipinski definition) is 2. The number of aromatic nitrogens is 1. The molecular formula is C17H23N3O2. The van der Waals surface area contributed by atoms with Crippen LogP contribution in [0.4, 0.5) is 0 Å². The molecule has 118 valence electrons. The maximum absolute atomic E-state index is 9.00. The minimum absolute atomic E-state index is 0.104. The second kappa shape index (κ2) is 7.05. The first-order valence-electron chi connectivity index (χ1n) is 7.85. The van der Waals surface area contributed by atoms with E-state index in [4.69, 9.17) is 9.63 Å². The van der Waals surface area contributed by atoms with Gasteiger partial charge in [-0.1, -0.05) is 29.4 Å².